The van der Waals surface area contributed by atoms with Crippen molar-refractivity contribution >= 4 is 17.6 Å². The standard InChI is InChI=1S/C24H30N2O2/c1-17(2)21-24(4,5)28-23(25-20-14-10-7-11-15-20)26(21)22(27)18(3)16-19-12-8-6-9-13-19/h6-15,17-18,21H,16H2,1-5H3/t18-,21+/m1/s1. The molecule has 0 aromatic heterocycles. The molecule has 0 saturated carbocycles. The Morgan fingerprint density at radius 2 is 1.61 bits per heavy atom. The van der Waals surface area contributed by atoms with Gasteiger partial charge in [0.05, 0.1) is 11.7 Å². The van der Waals surface area contributed by atoms with Crippen molar-refractivity contribution in [3.63, 3.8) is 0 Å². The van der Waals surface area contributed by atoms with E-state index in [0.717, 1.165) is 11.3 Å². The van der Waals surface area contributed by atoms with Crippen LogP contribution in [0.4, 0.5) is 5.69 Å². The van der Waals surface area contributed by atoms with Gasteiger partial charge in [-0.05, 0) is 43.9 Å². The van der Waals surface area contributed by atoms with E-state index in [0.29, 0.717) is 12.4 Å². The second-order valence-corrected chi connectivity index (χ2v) is 8.42. The lowest BCUT2D eigenvalue weighted by molar-refractivity contribution is -0.133. The third kappa shape index (κ3) is 4.27. The minimum Gasteiger partial charge on any atom is -0.456 e. The first-order valence-corrected chi connectivity index (χ1v) is 9.99. The van der Waals surface area contributed by atoms with E-state index in [1.165, 1.54) is 0 Å². The predicted molar refractivity (Wildman–Crippen MR) is 113 cm³/mol. The summed E-state index contributed by atoms with van der Waals surface area (Å²) >= 11 is 0. The molecule has 2 aromatic rings. The molecule has 4 heteroatoms. The quantitative estimate of drug-likeness (QED) is 0.716. The van der Waals surface area contributed by atoms with Gasteiger partial charge in [0.1, 0.15) is 5.60 Å². The fourth-order valence-electron chi connectivity index (χ4n) is 4.09. The van der Waals surface area contributed by atoms with E-state index in [2.05, 4.69) is 31.0 Å². The average Bonchev–Trinajstić information content (AvgIpc) is 2.92. The van der Waals surface area contributed by atoms with Gasteiger partial charge in [0, 0.05) is 5.92 Å². The molecule has 3 rings (SSSR count). The first-order valence-electron chi connectivity index (χ1n) is 9.99. The lowest BCUT2D eigenvalue weighted by Gasteiger charge is -2.32. The summed E-state index contributed by atoms with van der Waals surface area (Å²) in [5, 5.41) is 0. The molecule has 0 spiro atoms. The number of ether oxygens (including phenoxy) is 1. The number of amides is 1. The molecule has 1 heterocycles. The number of benzene rings is 2. The molecule has 0 unspecified atom stereocenters. The normalized spacial score (nSPS) is 21.0. The highest BCUT2D eigenvalue weighted by Crippen LogP contribution is 2.36. The van der Waals surface area contributed by atoms with Crippen molar-refractivity contribution in [3.8, 4) is 0 Å². The lowest BCUT2D eigenvalue weighted by atomic mass is 9.88. The zero-order valence-electron chi connectivity index (χ0n) is 17.4. The molecule has 4 nitrogen and oxygen atoms in total. The van der Waals surface area contributed by atoms with Crippen molar-refractivity contribution in [1.29, 1.82) is 0 Å². The van der Waals surface area contributed by atoms with Crippen molar-refractivity contribution in [2.75, 3.05) is 0 Å². The molecule has 0 aliphatic carbocycles. The van der Waals surface area contributed by atoms with Crippen LogP contribution in [0.1, 0.15) is 40.2 Å². The summed E-state index contributed by atoms with van der Waals surface area (Å²) < 4.78 is 6.22. The van der Waals surface area contributed by atoms with Gasteiger partial charge in [-0.1, -0.05) is 69.3 Å². The topological polar surface area (TPSA) is 41.9 Å². The van der Waals surface area contributed by atoms with E-state index >= 15 is 0 Å². The van der Waals surface area contributed by atoms with Gasteiger partial charge in [0.2, 0.25) is 5.91 Å². The Labute approximate surface area is 168 Å². The summed E-state index contributed by atoms with van der Waals surface area (Å²) in [6.45, 7) is 10.3. The van der Waals surface area contributed by atoms with Crippen LogP contribution in [-0.4, -0.2) is 28.5 Å². The molecule has 0 bridgehead atoms. The highest BCUT2D eigenvalue weighted by Gasteiger charge is 2.51. The molecule has 148 valence electrons. The van der Waals surface area contributed by atoms with Crippen LogP contribution in [0.25, 0.3) is 0 Å². The molecule has 2 aromatic carbocycles. The number of carbonyl (C=O) groups excluding carboxylic acids is 1. The summed E-state index contributed by atoms with van der Waals surface area (Å²) in [7, 11) is 0. The SMILES string of the molecule is CC(C)[C@@H]1N(C(=O)[C@H](C)Cc2ccccc2)C(=Nc2ccccc2)OC1(C)C. The summed E-state index contributed by atoms with van der Waals surface area (Å²) in [6, 6.07) is 20.1. The maximum atomic E-state index is 13.5. The molecule has 2 atom stereocenters. The number of nitrogens with zero attached hydrogens (tertiary/aromatic N) is 2. The van der Waals surface area contributed by atoms with Crippen LogP contribution in [0.5, 0.6) is 0 Å². The van der Waals surface area contributed by atoms with E-state index in [4.69, 9.17) is 4.74 Å². The van der Waals surface area contributed by atoms with E-state index in [1.807, 2.05) is 69.3 Å². The summed E-state index contributed by atoms with van der Waals surface area (Å²) in [5.74, 6) is 0.135. The number of carbonyl (C=O) groups is 1. The maximum absolute atomic E-state index is 13.5. The minimum atomic E-state index is -0.496. The van der Waals surface area contributed by atoms with E-state index < -0.39 is 5.60 Å². The Hall–Kier alpha value is -2.62. The Bertz CT molecular complexity index is 828. The van der Waals surface area contributed by atoms with Gasteiger partial charge in [-0.2, -0.15) is 4.99 Å². The highest BCUT2D eigenvalue weighted by atomic mass is 16.5. The van der Waals surface area contributed by atoms with Crippen LogP contribution in [0.15, 0.2) is 65.7 Å². The highest BCUT2D eigenvalue weighted by molar-refractivity contribution is 5.98. The average molecular weight is 379 g/mol. The van der Waals surface area contributed by atoms with E-state index in [-0.39, 0.29) is 23.8 Å². The summed E-state index contributed by atoms with van der Waals surface area (Å²) in [6.07, 6.45) is 0.694. The smallest absolute Gasteiger partial charge is 0.300 e. The summed E-state index contributed by atoms with van der Waals surface area (Å²) in [4.78, 5) is 20.0. The van der Waals surface area contributed by atoms with Gasteiger partial charge in [-0.3, -0.25) is 9.69 Å². The Balaban J connectivity index is 1.94. The number of hydrogen-bond donors (Lipinski definition) is 0. The van der Waals surface area contributed by atoms with Crippen LogP contribution < -0.4 is 0 Å². The predicted octanol–water partition coefficient (Wildman–Crippen LogP) is 5.21. The monoisotopic (exact) mass is 378 g/mol. The third-order valence-corrected chi connectivity index (χ3v) is 5.21. The largest absolute Gasteiger partial charge is 0.456 e. The molecule has 1 aliphatic rings. The molecule has 1 fully saturated rings. The van der Waals surface area contributed by atoms with E-state index in [1.54, 1.807) is 4.90 Å². The van der Waals surface area contributed by atoms with Gasteiger partial charge in [0.15, 0.2) is 0 Å². The number of hydrogen-bond acceptors (Lipinski definition) is 3. The fourth-order valence-corrected chi connectivity index (χ4v) is 4.09. The van der Waals surface area contributed by atoms with Crippen molar-refractivity contribution in [1.82, 2.24) is 4.90 Å². The minimum absolute atomic E-state index is 0.0582. The zero-order chi connectivity index (χ0) is 20.3. The van der Waals surface area contributed by atoms with Crippen LogP contribution in [0.2, 0.25) is 0 Å². The van der Waals surface area contributed by atoms with E-state index in [9.17, 15) is 4.79 Å². The lowest BCUT2D eigenvalue weighted by Crippen LogP contribution is -2.50. The molecule has 1 saturated heterocycles. The van der Waals surface area contributed by atoms with Crippen molar-refractivity contribution < 1.29 is 9.53 Å². The van der Waals surface area contributed by atoms with Gasteiger partial charge in [0.25, 0.3) is 6.02 Å². The zero-order valence-corrected chi connectivity index (χ0v) is 17.4. The number of amidine groups is 1. The molecular formula is C24H30N2O2. The van der Waals surface area contributed by atoms with Crippen molar-refractivity contribution in [2.45, 2.75) is 52.7 Å². The Kier molecular flexibility index (Phi) is 5.87. The molecule has 1 aliphatic heterocycles. The second kappa shape index (κ2) is 8.17. The number of rotatable bonds is 5. The maximum Gasteiger partial charge on any atom is 0.300 e. The fraction of sp³-hybridized carbons (Fsp3) is 0.417. The van der Waals surface area contributed by atoms with Gasteiger partial charge >= 0.3 is 0 Å². The van der Waals surface area contributed by atoms with Crippen LogP contribution in [0.3, 0.4) is 0 Å². The van der Waals surface area contributed by atoms with Crippen LogP contribution >= 0.6 is 0 Å². The molecular weight excluding hydrogens is 348 g/mol. The van der Waals surface area contributed by atoms with Gasteiger partial charge < -0.3 is 4.74 Å². The first kappa shape index (κ1) is 20.1. The van der Waals surface area contributed by atoms with Crippen LogP contribution in [-0.2, 0) is 16.0 Å². The molecule has 0 radical (unpaired) electrons. The Morgan fingerprint density at radius 3 is 2.18 bits per heavy atom. The molecule has 1 amide bonds. The van der Waals surface area contributed by atoms with Gasteiger partial charge in [-0.25, -0.2) is 0 Å². The number of para-hydroxylation sites is 1. The molecule has 0 N–H and O–H groups in total. The van der Waals surface area contributed by atoms with Crippen molar-refractivity contribution in [3.05, 3.63) is 66.2 Å². The summed E-state index contributed by atoms with van der Waals surface area (Å²) in [5.41, 5.74) is 1.45. The first-order chi connectivity index (χ1) is 13.3. The van der Waals surface area contributed by atoms with Crippen LogP contribution in [0, 0.1) is 11.8 Å². The third-order valence-electron chi connectivity index (χ3n) is 5.21. The van der Waals surface area contributed by atoms with Gasteiger partial charge in [-0.15, -0.1) is 0 Å². The Morgan fingerprint density at radius 1 is 1.04 bits per heavy atom. The second-order valence-electron chi connectivity index (χ2n) is 8.42. The number of aliphatic imine (C=N–C) groups is 1. The van der Waals surface area contributed by atoms with Crippen molar-refractivity contribution in [2.24, 2.45) is 16.8 Å². The molecule has 28 heavy (non-hydrogen) atoms.